The molecule has 1 aliphatic carbocycles. The summed E-state index contributed by atoms with van der Waals surface area (Å²) >= 11 is 0. The molecule has 0 amide bonds. The van der Waals surface area contributed by atoms with Crippen molar-refractivity contribution in [3.8, 4) is 0 Å². The average molecular weight is 190 g/mol. The molecule has 1 aromatic rings. The fourth-order valence-corrected chi connectivity index (χ4v) is 1.86. The molecule has 0 spiro atoms. The first kappa shape index (κ1) is 9.44. The Kier molecular flexibility index (Phi) is 2.66. The molecule has 2 nitrogen and oxygen atoms in total. The van der Waals surface area contributed by atoms with Gasteiger partial charge in [0.25, 0.3) is 0 Å². The van der Waals surface area contributed by atoms with E-state index in [1.807, 2.05) is 18.2 Å². The summed E-state index contributed by atoms with van der Waals surface area (Å²) in [5.74, 6) is 0. The number of rotatable bonds is 2. The number of hydrogen-bond donors (Lipinski definition) is 0. The van der Waals surface area contributed by atoms with Crippen molar-refractivity contribution < 1.29 is 9.47 Å². The minimum Gasteiger partial charge on any atom is -0.374 e. The maximum Gasteiger partial charge on any atom is 0.112 e. The molecule has 0 aromatic heterocycles. The van der Waals surface area contributed by atoms with Crippen molar-refractivity contribution in [2.45, 2.75) is 12.2 Å². The lowest BCUT2D eigenvalue weighted by Gasteiger charge is -2.27. The Morgan fingerprint density at radius 1 is 1.07 bits per heavy atom. The predicted molar refractivity (Wildman–Crippen MR) is 56.0 cm³/mol. The number of methoxy groups -OCH3 is 2. The number of fused-ring (bicyclic) bond motifs is 1. The van der Waals surface area contributed by atoms with E-state index in [9.17, 15) is 0 Å². The maximum atomic E-state index is 5.44. The van der Waals surface area contributed by atoms with Gasteiger partial charge in [-0.05, 0) is 11.1 Å². The predicted octanol–water partition coefficient (Wildman–Crippen LogP) is 2.42. The molecule has 0 radical (unpaired) electrons. The van der Waals surface area contributed by atoms with E-state index in [2.05, 4.69) is 18.2 Å². The van der Waals surface area contributed by atoms with Gasteiger partial charge in [0.2, 0.25) is 0 Å². The molecule has 0 fully saturated rings. The van der Waals surface area contributed by atoms with Gasteiger partial charge in [-0.1, -0.05) is 36.4 Å². The van der Waals surface area contributed by atoms with Crippen LogP contribution < -0.4 is 0 Å². The zero-order chi connectivity index (χ0) is 9.97. The van der Waals surface area contributed by atoms with Crippen LogP contribution in [-0.4, -0.2) is 20.3 Å². The van der Waals surface area contributed by atoms with E-state index in [0.717, 1.165) is 0 Å². The molecule has 0 bridgehead atoms. The first-order chi connectivity index (χ1) is 6.86. The minimum absolute atomic E-state index is 0.0150. The molecule has 14 heavy (non-hydrogen) atoms. The van der Waals surface area contributed by atoms with Crippen LogP contribution in [-0.2, 0) is 9.47 Å². The maximum absolute atomic E-state index is 5.44. The minimum atomic E-state index is 0.0150. The van der Waals surface area contributed by atoms with Crippen molar-refractivity contribution in [3.05, 3.63) is 41.5 Å². The van der Waals surface area contributed by atoms with Gasteiger partial charge in [0, 0.05) is 14.2 Å². The standard InChI is InChI=1S/C12H14O2/c1-13-11-8-7-9-5-3-4-6-10(9)12(11)14-2/h3-8,11-12H,1-2H3. The van der Waals surface area contributed by atoms with Crippen LogP contribution in [0.1, 0.15) is 17.2 Å². The first-order valence-electron chi connectivity index (χ1n) is 4.69. The highest BCUT2D eigenvalue weighted by atomic mass is 16.5. The van der Waals surface area contributed by atoms with E-state index in [0.29, 0.717) is 0 Å². The van der Waals surface area contributed by atoms with E-state index >= 15 is 0 Å². The van der Waals surface area contributed by atoms with Crippen molar-refractivity contribution in [2.75, 3.05) is 14.2 Å². The molecule has 0 N–H and O–H groups in total. The van der Waals surface area contributed by atoms with Crippen molar-refractivity contribution in [1.29, 1.82) is 0 Å². The SMILES string of the molecule is COC1C=Cc2ccccc2C1OC. The van der Waals surface area contributed by atoms with Gasteiger partial charge in [-0.2, -0.15) is 0 Å². The molecule has 2 heteroatoms. The van der Waals surface area contributed by atoms with E-state index in [1.54, 1.807) is 14.2 Å². The van der Waals surface area contributed by atoms with Gasteiger partial charge in [0.15, 0.2) is 0 Å². The average Bonchev–Trinajstić information content (AvgIpc) is 2.27. The number of benzene rings is 1. The fourth-order valence-electron chi connectivity index (χ4n) is 1.86. The second kappa shape index (κ2) is 3.95. The second-order valence-electron chi connectivity index (χ2n) is 3.34. The summed E-state index contributed by atoms with van der Waals surface area (Å²) in [5, 5.41) is 0. The van der Waals surface area contributed by atoms with Gasteiger partial charge >= 0.3 is 0 Å². The summed E-state index contributed by atoms with van der Waals surface area (Å²) in [7, 11) is 3.42. The Balaban J connectivity index is 2.42. The lowest BCUT2D eigenvalue weighted by molar-refractivity contribution is -0.0138. The van der Waals surface area contributed by atoms with Gasteiger partial charge < -0.3 is 9.47 Å². The summed E-state index contributed by atoms with van der Waals surface area (Å²) in [5.41, 5.74) is 2.41. The first-order valence-corrected chi connectivity index (χ1v) is 4.69. The molecule has 74 valence electrons. The van der Waals surface area contributed by atoms with Crippen LogP contribution in [0.5, 0.6) is 0 Å². The highest BCUT2D eigenvalue weighted by molar-refractivity contribution is 5.58. The smallest absolute Gasteiger partial charge is 0.112 e. The fraction of sp³-hybridized carbons (Fsp3) is 0.333. The monoisotopic (exact) mass is 190 g/mol. The lowest BCUT2D eigenvalue weighted by Crippen LogP contribution is -2.23. The Morgan fingerprint density at radius 3 is 2.57 bits per heavy atom. The molecule has 1 aliphatic rings. The molecule has 2 unspecified atom stereocenters. The van der Waals surface area contributed by atoms with Crippen molar-refractivity contribution in [1.82, 2.24) is 0 Å². The van der Waals surface area contributed by atoms with E-state index in [1.165, 1.54) is 11.1 Å². The largest absolute Gasteiger partial charge is 0.374 e. The quantitative estimate of drug-likeness (QED) is 0.713. The van der Waals surface area contributed by atoms with Crippen molar-refractivity contribution >= 4 is 6.08 Å². The van der Waals surface area contributed by atoms with Crippen LogP contribution in [0.2, 0.25) is 0 Å². The lowest BCUT2D eigenvalue weighted by atomic mass is 9.93. The Hall–Kier alpha value is -1.12. The van der Waals surface area contributed by atoms with E-state index in [4.69, 9.17) is 9.47 Å². The Bertz CT molecular complexity index is 344. The van der Waals surface area contributed by atoms with E-state index in [-0.39, 0.29) is 12.2 Å². The molecule has 0 heterocycles. The third-order valence-electron chi connectivity index (χ3n) is 2.59. The summed E-state index contributed by atoms with van der Waals surface area (Å²) in [6.45, 7) is 0. The van der Waals surface area contributed by atoms with Gasteiger partial charge in [-0.25, -0.2) is 0 Å². The number of ether oxygens (including phenoxy) is 2. The molecule has 2 rings (SSSR count). The third-order valence-corrected chi connectivity index (χ3v) is 2.59. The summed E-state index contributed by atoms with van der Waals surface area (Å²) in [6.07, 6.45) is 4.16. The van der Waals surface area contributed by atoms with E-state index < -0.39 is 0 Å². The van der Waals surface area contributed by atoms with Gasteiger partial charge in [-0.3, -0.25) is 0 Å². The van der Waals surface area contributed by atoms with Crippen LogP contribution in [0.3, 0.4) is 0 Å². The zero-order valence-electron chi connectivity index (χ0n) is 8.44. The van der Waals surface area contributed by atoms with Crippen LogP contribution in [0, 0.1) is 0 Å². The molecular formula is C12H14O2. The van der Waals surface area contributed by atoms with Crippen LogP contribution in [0.25, 0.3) is 6.08 Å². The summed E-state index contributed by atoms with van der Waals surface area (Å²) in [4.78, 5) is 0. The zero-order valence-corrected chi connectivity index (χ0v) is 8.44. The Morgan fingerprint density at radius 2 is 1.86 bits per heavy atom. The molecule has 0 aliphatic heterocycles. The van der Waals surface area contributed by atoms with Gasteiger partial charge in [0.05, 0.1) is 0 Å². The molecular weight excluding hydrogens is 176 g/mol. The highest BCUT2D eigenvalue weighted by Gasteiger charge is 2.25. The van der Waals surface area contributed by atoms with Gasteiger partial charge in [0.1, 0.15) is 12.2 Å². The molecule has 1 aromatic carbocycles. The second-order valence-corrected chi connectivity index (χ2v) is 3.34. The normalized spacial score (nSPS) is 24.7. The summed E-state index contributed by atoms with van der Waals surface area (Å²) in [6, 6.07) is 8.22. The van der Waals surface area contributed by atoms with Crippen molar-refractivity contribution in [3.63, 3.8) is 0 Å². The van der Waals surface area contributed by atoms with Crippen molar-refractivity contribution in [2.24, 2.45) is 0 Å². The van der Waals surface area contributed by atoms with Gasteiger partial charge in [-0.15, -0.1) is 0 Å². The molecule has 0 saturated carbocycles. The molecule has 2 atom stereocenters. The third kappa shape index (κ3) is 1.47. The summed E-state index contributed by atoms with van der Waals surface area (Å²) < 4.78 is 10.8. The van der Waals surface area contributed by atoms with Crippen LogP contribution in [0.4, 0.5) is 0 Å². The number of hydrogen-bond acceptors (Lipinski definition) is 2. The molecule has 0 saturated heterocycles. The van der Waals surface area contributed by atoms with Crippen LogP contribution >= 0.6 is 0 Å². The topological polar surface area (TPSA) is 18.5 Å². The highest BCUT2D eigenvalue weighted by Crippen LogP contribution is 2.31. The Labute approximate surface area is 84.2 Å². The van der Waals surface area contributed by atoms with Crippen LogP contribution in [0.15, 0.2) is 30.3 Å².